The van der Waals surface area contributed by atoms with Crippen molar-refractivity contribution >= 4 is 40.8 Å². The van der Waals surface area contributed by atoms with Crippen molar-refractivity contribution in [1.82, 2.24) is 15.5 Å². The van der Waals surface area contributed by atoms with Gasteiger partial charge in [-0.15, -0.1) is 0 Å². The number of nitrogens with one attached hydrogen (secondary N) is 3. The molecule has 4 N–H and O–H groups in total. The molecular formula is C19H13Cl2F3N4O3. The number of aromatic amines is 1. The summed E-state index contributed by atoms with van der Waals surface area (Å²) in [6.07, 6.45) is -3.39. The second-order valence-electron chi connectivity index (χ2n) is 6.23. The molecule has 2 amide bonds. The molecule has 12 heteroatoms. The zero-order valence-electron chi connectivity index (χ0n) is 15.3. The summed E-state index contributed by atoms with van der Waals surface area (Å²) in [6.45, 7) is -0.393. The van der Waals surface area contributed by atoms with Crippen LogP contribution in [0.4, 0.5) is 19.0 Å². The number of halogens is 5. The van der Waals surface area contributed by atoms with Crippen LogP contribution in [0.25, 0.3) is 0 Å². The third-order valence-electron chi connectivity index (χ3n) is 4.16. The number of aromatic nitrogens is 2. The molecule has 0 spiro atoms. The third-order valence-corrected chi connectivity index (χ3v) is 4.73. The smallest absolute Gasteiger partial charge is 0.416 e. The summed E-state index contributed by atoms with van der Waals surface area (Å²) >= 11 is 11.6. The summed E-state index contributed by atoms with van der Waals surface area (Å²) < 4.78 is 39.3. The van der Waals surface area contributed by atoms with Crippen molar-refractivity contribution in [3.8, 4) is 5.75 Å². The van der Waals surface area contributed by atoms with Crippen molar-refractivity contribution in [3.63, 3.8) is 0 Å². The van der Waals surface area contributed by atoms with E-state index in [0.717, 1.165) is 6.07 Å². The van der Waals surface area contributed by atoms with Gasteiger partial charge in [0.15, 0.2) is 11.6 Å². The van der Waals surface area contributed by atoms with Crippen LogP contribution < -0.4 is 10.6 Å². The first-order chi connectivity index (χ1) is 14.6. The molecule has 0 saturated heterocycles. The molecule has 0 aliphatic heterocycles. The number of benzene rings is 2. The molecule has 1 aromatic heterocycles. The number of phenolic OH excluding ortho intramolecular Hbond substituents is 1. The van der Waals surface area contributed by atoms with E-state index in [9.17, 15) is 27.9 Å². The maximum Gasteiger partial charge on any atom is 0.416 e. The van der Waals surface area contributed by atoms with Gasteiger partial charge in [-0.2, -0.15) is 18.3 Å². The minimum absolute atomic E-state index is 0.0127. The lowest BCUT2D eigenvalue weighted by atomic mass is 10.1. The SMILES string of the molecule is O=C(Nc1n[nH]cc1C(=O)NCc1ccccc1C(F)(F)F)c1cc(Cl)c(O)c(Cl)c1. The van der Waals surface area contributed by atoms with E-state index in [0.29, 0.717) is 0 Å². The van der Waals surface area contributed by atoms with Crippen LogP contribution in [0, 0.1) is 0 Å². The van der Waals surface area contributed by atoms with E-state index in [4.69, 9.17) is 23.2 Å². The van der Waals surface area contributed by atoms with Crippen molar-refractivity contribution in [3.05, 3.63) is 74.9 Å². The van der Waals surface area contributed by atoms with Gasteiger partial charge in [0.05, 0.1) is 15.6 Å². The van der Waals surface area contributed by atoms with E-state index >= 15 is 0 Å². The van der Waals surface area contributed by atoms with Gasteiger partial charge in [0.2, 0.25) is 0 Å². The number of H-pyrrole nitrogens is 1. The topological polar surface area (TPSA) is 107 Å². The number of nitrogens with zero attached hydrogens (tertiary/aromatic N) is 1. The van der Waals surface area contributed by atoms with Gasteiger partial charge in [-0.25, -0.2) is 0 Å². The predicted octanol–water partition coefficient (Wildman–Crippen LogP) is 4.62. The Morgan fingerprint density at radius 1 is 1.10 bits per heavy atom. The summed E-state index contributed by atoms with van der Waals surface area (Å²) in [5.74, 6) is -2.04. The quantitative estimate of drug-likeness (QED) is 0.434. The zero-order chi connectivity index (χ0) is 22.8. The largest absolute Gasteiger partial charge is 0.505 e. The molecule has 1 heterocycles. The first-order valence-corrected chi connectivity index (χ1v) is 9.30. The Balaban J connectivity index is 1.73. The number of hydrogen-bond acceptors (Lipinski definition) is 4. The highest BCUT2D eigenvalue weighted by Crippen LogP contribution is 2.33. The molecular weight excluding hydrogens is 460 g/mol. The fourth-order valence-electron chi connectivity index (χ4n) is 2.66. The first kappa shape index (κ1) is 22.4. The molecule has 0 bridgehead atoms. The predicted molar refractivity (Wildman–Crippen MR) is 107 cm³/mol. The Morgan fingerprint density at radius 2 is 1.74 bits per heavy atom. The summed E-state index contributed by atoms with van der Waals surface area (Å²) in [6, 6.07) is 7.17. The van der Waals surface area contributed by atoms with E-state index in [1.807, 2.05) is 0 Å². The van der Waals surface area contributed by atoms with Gasteiger partial charge >= 0.3 is 6.18 Å². The van der Waals surface area contributed by atoms with Gasteiger partial charge in [0.1, 0.15) is 5.56 Å². The Morgan fingerprint density at radius 3 is 2.39 bits per heavy atom. The van der Waals surface area contributed by atoms with Crippen molar-refractivity contribution in [2.45, 2.75) is 12.7 Å². The number of hydrogen-bond donors (Lipinski definition) is 4. The number of carbonyl (C=O) groups excluding carboxylic acids is 2. The molecule has 0 atom stereocenters. The van der Waals surface area contributed by atoms with Crippen LogP contribution in [-0.2, 0) is 12.7 Å². The summed E-state index contributed by atoms with van der Waals surface area (Å²) in [5.41, 5.74) is -1.10. The number of alkyl halides is 3. The lowest BCUT2D eigenvalue weighted by Gasteiger charge is -2.13. The molecule has 7 nitrogen and oxygen atoms in total. The second-order valence-corrected chi connectivity index (χ2v) is 7.04. The minimum atomic E-state index is -4.57. The van der Waals surface area contributed by atoms with E-state index in [1.54, 1.807) is 0 Å². The maximum atomic E-state index is 13.1. The van der Waals surface area contributed by atoms with Gasteiger partial charge in [-0.05, 0) is 23.8 Å². The van der Waals surface area contributed by atoms with Crippen LogP contribution in [0.3, 0.4) is 0 Å². The van der Waals surface area contributed by atoms with Crippen LogP contribution in [0.2, 0.25) is 10.0 Å². The normalized spacial score (nSPS) is 11.3. The minimum Gasteiger partial charge on any atom is -0.505 e. The third kappa shape index (κ3) is 5.09. The van der Waals surface area contributed by atoms with Crippen molar-refractivity contribution in [2.24, 2.45) is 0 Å². The molecule has 0 aliphatic rings. The monoisotopic (exact) mass is 472 g/mol. The molecule has 0 saturated carbocycles. The molecule has 0 radical (unpaired) electrons. The second kappa shape index (κ2) is 8.86. The van der Waals surface area contributed by atoms with E-state index < -0.39 is 30.1 Å². The molecule has 162 valence electrons. The van der Waals surface area contributed by atoms with Crippen LogP contribution in [0.1, 0.15) is 31.8 Å². The van der Waals surface area contributed by atoms with Crippen molar-refractivity contribution in [2.75, 3.05) is 5.32 Å². The number of anilines is 1. The number of aromatic hydroxyl groups is 1. The number of carbonyl (C=O) groups is 2. The molecule has 0 unspecified atom stereocenters. The molecule has 0 aliphatic carbocycles. The average molecular weight is 473 g/mol. The van der Waals surface area contributed by atoms with Gasteiger partial charge in [-0.3, -0.25) is 14.7 Å². The van der Waals surface area contributed by atoms with Crippen molar-refractivity contribution in [1.29, 1.82) is 0 Å². The average Bonchev–Trinajstić information content (AvgIpc) is 3.17. The fourth-order valence-corrected chi connectivity index (χ4v) is 3.14. The van der Waals surface area contributed by atoms with Gasteiger partial charge in [0, 0.05) is 18.3 Å². The highest BCUT2D eigenvalue weighted by molar-refractivity contribution is 6.37. The molecule has 2 aromatic carbocycles. The van der Waals surface area contributed by atoms with Gasteiger partial charge in [-0.1, -0.05) is 41.4 Å². The van der Waals surface area contributed by atoms with E-state index in [2.05, 4.69) is 20.8 Å². The molecule has 3 rings (SSSR count). The van der Waals surface area contributed by atoms with Crippen LogP contribution >= 0.6 is 23.2 Å². The lowest BCUT2D eigenvalue weighted by molar-refractivity contribution is -0.138. The first-order valence-electron chi connectivity index (χ1n) is 8.54. The summed E-state index contributed by atoms with van der Waals surface area (Å²) in [4.78, 5) is 24.9. The van der Waals surface area contributed by atoms with E-state index in [-0.39, 0.29) is 38.3 Å². The van der Waals surface area contributed by atoms with Crippen LogP contribution in [0.5, 0.6) is 5.75 Å². The van der Waals surface area contributed by atoms with Crippen molar-refractivity contribution < 1.29 is 27.9 Å². The Hall–Kier alpha value is -3.24. The highest BCUT2D eigenvalue weighted by Gasteiger charge is 2.33. The highest BCUT2D eigenvalue weighted by atomic mass is 35.5. The Kier molecular flexibility index (Phi) is 6.42. The van der Waals surface area contributed by atoms with Gasteiger partial charge < -0.3 is 15.7 Å². The molecule has 3 aromatic rings. The number of rotatable bonds is 5. The van der Waals surface area contributed by atoms with Crippen LogP contribution in [-0.4, -0.2) is 27.1 Å². The van der Waals surface area contributed by atoms with E-state index in [1.165, 1.54) is 36.5 Å². The molecule has 31 heavy (non-hydrogen) atoms. The summed E-state index contributed by atoms with van der Waals surface area (Å²) in [7, 11) is 0. The molecule has 0 fully saturated rings. The van der Waals surface area contributed by atoms with Crippen LogP contribution in [0.15, 0.2) is 42.6 Å². The maximum absolute atomic E-state index is 13.1. The Labute approximate surface area is 183 Å². The van der Waals surface area contributed by atoms with Gasteiger partial charge in [0.25, 0.3) is 11.8 Å². The lowest BCUT2D eigenvalue weighted by Crippen LogP contribution is -2.25. The number of phenols is 1. The fraction of sp³-hybridized carbons (Fsp3) is 0.105. The number of amides is 2. The zero-order valence-corrected chi connectivity index (χ0v) is 16.9. The standard InChI is InChI=1S/C19H13Cl2F3N4O3/c20-13-5-10(6-14(21)15(13)29)17(30)27-16-11(8-26-28-16)18(31)25-7-9-3-1-2-4-12(9)19(22,23)24/h1-6,8,29H,7H2,(H,25,31)(H2,26,27,28,30). The Bertz CT molecular complexity index is 1130. The summed E-state index contributed by atoms with van der Waals surface area (Å²) in [5, 5.41) is 20.2.